The number of hydrogen-bond donors (Lipinski definition) is 1. The molecule has 0 saturated carbocycles. The van der Waals surface area contributed by atoms with E-state index >= 15 is 0 Å². The second kappa shape index (κ2) is 7.06. The van der Waals surface area contributed by atoms with Crippen LogP contribution in [0.25, 0.3) is 10.9 Å². The summed E-state index contributed by atoms with van der Waals surface area (Å²) in [5.41, 5.74) is 3.68. The molecular weight excluding hydrogens is 328 g/mol. The number of esters is 1. The molecule has 138 valence electrons. The van der Waals surface area contributed by atoms with Gasteiger partial charge in [0.15, 0.2) is 0 Å². The predicted octanol–water partition coefficient (Wildman–Crippen LogP) is 3.29. The largest absolute Gasteiger partial charge is 0.468 e. The summed E-state index contributed by atoms with van der Waals surface area (Å²) in [6.07, 6.45) is 2.78. The number of aryl methyl sites for hydroxylation is 1. The lowest BCUT2D eigenvalue weighted by atomic mass is 9.70. The van der Waals surface area contributed by atoms with Crippen molar-refractivity contribution in [2.24, 2.45) is 11.3 Å². The second-order valence-corrected chi connectivity index (χ2v) is 7.99. The maximum atomic E-state index is 13.0. The molecular formula is C21H26N2O3. The average Bonchev–Trinajstić information content (AvgIpc) is 2.62. The van der Waals surface area contributed by atoms with Crippen LogP contribution < -0.4 is 5.32 Å². The number of fused-ring (bicyclic) bond motifs is 2. The van der Waals surface area contributed by atoms with Crippen molar-refractivity contribution in [2.75, 3.05) is 13.7 Å². The lowest BCUT2D eigenvalue weighted by Gasteiger charge is -2.35. The summed E-state index contributed by atoms with van der Waals surface area (Å²) in [6, 6.07) is 7.70. The second-order valence-electron chi connectivity index (χ2n) is 7.99. The van der Waals surface area contributed by atoms with Crippen LogP contribution in [0.4, 0.5) is 0 Å². The highest BCUT2D eigenvalue weighted by atomic mass is 16.5. The first kappa shape index (κ1) is 18.4. The minimum absolute atomic E-state index is 0.135. The number of hydrogen-bond acceptors (Lipinski definition) is 4. The number of pyridine rings is 1. The lowest BCUT2D eigenvalue weighted by molar-refractivity contribution is -0.139. The fourth-order valence-corrected chi connectivity index (χ4v) is 3.70. The molecule has 3 rings (SSSR count). The SMILES string of the molecule is COC(=O)CNC(=O)c1c2c(nc3ccccc13)CCC(C(C)(C)C)C2. The summed E-state index contributed by atoms with van der Waals surface area (Å²) in [5.74, 6) is -0.205. The summed E-state index contributed by atoms with van der Waals surface area (Å²) in [4.78, 5) is 29.2. The van der Waals surface area contributed by atoms with Gasteiger partial charge in [-0.25, -0.2) is 0 Å². The molecule has 5 nitrogen and oxygen atoms in total. The Balaban J connectivity index is 2.07. The van der Waals surface area contributed by atoms with E-state index in [4.69, 9.17) is 4.98 Å². The van der Waals surface area contributed by atoms with Gasteiger partial charge in [0.25, 0.3) is 5.91 Å². The van der Waals surface area contributed by atoms with Crippen LogP contribution in [0, 0.1) is 11.3 Å². The third-order valence-electron chi connectivity index (χ3n) is 5.33. The van der Waals surface area contributed by atoms with E-state index in [1.165, 1.54) is 7.11 Å². The molecule has 0 spiro atoms. The molecule has 0 aliphatic heterocycles. The van der Waals surface area contributed by atoms with E-state index in [-0.39, 0.29) is 17.9 Å². The number of nitrogens with one attached hydrogen (secondary N) is 1. The highest BCUT2D eigenvalue weighted by molar-refractivity contribution is 6.08. The minimum Gasteiger partial charge on any atom is -0.468 e. The van der Waals surface area contributed by atoms with E-state index in [0.29, 0.717) is 11.5 Å². The third kappa shape index (κ3) is 3.57. The predicted molar refractivity (Wildman–Crippen MR) is 101 cm³/mol. The van der Waals surface area contributed by atoms with E-state index in [2.05, 4.69) is 30.8 Å². The van der Waals surface area contributed by atoms with Crippen LogP contribution in [0.2, 0.25) is 0 Å². The van der Waals surface area contributed by atoms with E-state index in [0.717, 1.165) is 41.4 Å². The number of benzene rings is 1. The monoisotopic (exact) mass is 354 g/mol. The number of carbonyl (C=O) groups is 2. The van der Waals surface area contributed by atoms with E-state index in [1.54, 1.807) is 0 Å². The van der Waals surface area contributed by atoms with Gasteiger partial charge in [0.2, 0.25) is 0 Å². The summed E-state index contributed by atoms with van der Waals surface area (Å²) >= 11 is 0. The van der Waals surface area contributed by atoms with Crippen molar-refractivity contribution in [3.63, 3.8) is 0 Å². The quantitative estimate of drug-likeness (QED) is 0.859. The smallest absolute Gasteiger partial charge is 0.325 e. The number of para-hydroxylation sites is 1. The number of ether oxygens (including phenoxy) is 1. The van der Waals surface area contributed by atoms with E-state index < -0.39 is 5.97 Å². The molecule has 1 aliphatic carbocycles. The molecule has 0 saturated heterocycles. The van der Waals surface area contributed by atoms with Crippen molar-refractivity contribution in [3.05, 3.63) is 41.1 Å². The van der Waals surface area contributed by atoms with Gasteiger partial charge in [-0.3, -0.25) is 14.6 Å². The van der Waals surface area contributed by atoms with Crippen LogP contribution >= 0.6 is 0 Å². The Bertz CT molecular complexity index is 852. The summed E-state index contributed by atoms with van der Waals surface area (Å²) in [7, 11) is 1.31. The number of nitrogens with zero attached hydrogens (tertiary/aromatic N) is 1. The van der Waals surface area contributed by atoms with Gasteiger partial charge in [-0.1, -0.05) is 39.0 Å². The zero-order chi connectivity index (χ0) is 18.9. The standard InChI is InChI=1S/C21H26N2O3/c1-21(2,3)13-9-10-17-15(11-13)19(20(25)22-12-18(24)26-4)14-7-5-6-8-16(14)23-17/h5-8,13H,9-12H2,1-4H3,(H,22,25). The number of amides is 1. The molecule has 0 fully saturated rings. The van der Waals surface area contributed by atoms with Crippen molar-refractivity contribution in [1.82, 2.24) is 10.3 Å². The minimum atomic E-state index is -0.460. The molecule has 0 bridgehead atoms. The Morgan fingerprint density at radius 3 is 2.69 bits per heavy atom. The highest BCUT2D eigenvalue weighted by Gasteiger charge is 2.32. The fourth-order valence-electron chi connectivity index (χ4n) is 3.70. The zero-order valence-corrected chi connectivity index (χ0v) is 15.9. The molecule has 1 N–H and O–H groups in total. The van der Waals surface area contributed by atoms with Gasteiger partial charge < -0.3 is 10.1 Å². The molecule has 1 heterocycles. The van der Waals surface area contributed by atoms with Crippen LogP contribution in [0.5, 0.6) is 0 Å². The van der Waals surface area contributed by atoms with Crippen molar-refractivity contribution in [2.45, 2.75) is 40.0 Å². The first-order chi connectivity index (χ1) is 12.3. The van der Waals surface area contributed by atoms with Gasteiger partial charge in [-0.15, -0.1) is 0 Å². The molecule has 1 unspecified atom stereocenters. The Morgan fingerprint density at radius 1 is 1.27 bits per heavy atom. The van der Waals surface area contributed by atoms with Gasteiger partial charge in [-0.2, -0.15) is 0 Å². The van der Waals surface area contributed by atoms with Crippen LogP contribution in [-0.2, 0) is 22.4 Å². The van der Waals surface area contributed by atoms with Gasteiger partial charge in [0.1, 0.15) is 6.54 Å². The molecule has 1 atom stereocenters. The first-order valence-electron chi connectivity index (χ1n) is 9.06. The molecule has 0 radical (unpaired) electrons. The van der Waals surface area contributed by atoms with Gasteiger partial charge in [0.05, 0.1) is 18.2 Å². The molecule has 1 aromatic heterocycles. The topological polar surface area (TPSA) is 68.3 Å². The fraction of sp³-hybridized carbons (Fsp3) is 0.476. The van der Waals surface area contributed by atoms with Gasteiger partial charge in [0, 0.05) is 11.1 Å². The number of methoxy groups -OCH3 is 1. The molecule has 26 heavy (non-hydrogen) atoms. The van der Waals surface area contributed by atoms with Gasteiger partial charge in [-0.05, 0) is 42.2 Å². The van der Waals surface area contributed by atoms with Crippen molar-refractivity contribution in [3.8, 4) is 0 Å². The molecule has 1 aliphatic rings. The third-order valence-corrected chi connectivity index (χ3v) is 5.33. The summed E-state index contributed by atoms with van der Waals surface area (Å²) < 4.78 is 4.63. The van der Waals surface area contributed by atoms with Crippen molar-refractivity contribution >= 4 is 22.8 Å². The van der Waals surface area contributed by atoms with Crippen molar-refractivity contribution in [1.29, 1.82) is 0 Å². The van der Waals surface area contributed by atoms with Crippen molar-refractivity contribution < 1.29 is 14.3 Å². The average molecular weight is 354 g/mol. The molecule has 1 aromatic carbocycles. The lowest BCUT2D eigenvalue weighted by Crippen LogP contribution is -2.33. The van der Waals surface area contributed by atoms with Crippen LogP contribution in [0.15, 0.2) is 24.3 Å². The van der Waals surface area contributed by atoms with Crippen LogP contribution in [0.3, 0.4) is 0 Å². The maximum Gasteiger partial charge on any atom is 0.325 e. The molecule has 5 heteroatoms. The van der Waals surface area contributed by atoms with E-state index in [1.807, 2.05) is 24.3 Å². The van der Waals surface area contributed by atoms with E-state index in [9.17, 15) is 9.59 Å². The Morgan fingerprint density at radius 2 is 2.00 bits per heavy atom. The van der Waals surface area contributed by atoms with Gasteiger partial charge >= 0.3 is 5.97 Å². The molecule has 1 amide bonds. The summed E-state index contributed by atoms with van der Waals surface area (Å²) in [6.45, 7) is 6.60. The summed E-state index contributed by atoms with van der Waals surface area (Å²) in [5, 5.41) is 3.54. The van der Waals surface area contributed by atoms with Crippen LogP contribution in [-0.4, -0.2) is 30.5 Å². The number of rotatable bonds is 3. The maximum absolute atomic E-state index is 13.0. The highest BCUT2D eigenvalue weighted by Crippen LogP contribution is 2.39. The first-order valence-corrected chi connectivity index (χ1v) is 9.06. The Kier molecular flexibility index (Phi) is 4.99. The Hall–Kier alpha value is -2.43. The number of carbonyl (C=O) groups excluding carboxylic acids is 2. The number of aromatic nitrogens is 1. The normalized spacial score (nSPS) is 16.8. The zero-order valence-electron chi connectivity index (χ0n) is 15.9. The van der Waals surface area contributed by atoms with Crippen LogP contribution in [0.1, 0.15) is 48.8 Å². The Labute approximate surface area is 154 Å². The molecule has 2 aromatic rings.